The molecule has 0 radical (unpaired) electrons. The van der Waals surface area contributed by atoms with Crippen LogP contribution in [0.25, 0.3) is 0 Å². The molecule has 0 saturated heterocycles. The Balaban J connectivity index is 2.33. The molecule has 2 aromatic carbocycles. The summed E-state index contributed by atoms with van der Waals surface area (Å²) in [6, 6.07) is 13.7. The number of ether oxygens (including phenoxy) is 1. The van der Waals surface area contributed by atoms with Crippen molar-refractivity contribution in [3.8, 4) is 5.75 Å². The van der Waals surface area contributed by atoms with Gasteiger partial charge in [-0.2, -0.15) is 0 Å². The largest absolute Gasteiger partial charge is 0.478 e. The van der Waals surface area contributed by atoms with Crippen LogP contribution in [0.2, 0.25) is 0 Å². The summed E-state index contributed by atoms with van der Waals surface area (Å²) in [5.74, 6) is -0.301. The fraction of sp³-hybridized carbons (Fsp3) is 0.381. The highest BCUT2D eigenvalue weighted by Crippen LogP contribution is 2.32. The first-order chi connectivity index (χ1) is 11.2. The van der Waals surface area contributed by atoms with E-state index in [4.69, 9.17) is 4.74 Å². The van der Waals surface area contributed by atoms with Crippen LogP contribution in [-0.2, 0) is 16.6 Å². The van der Waals surface area contributed by atoms with Gasteiger partial charge in [-0.15, -0.1) is 0 Å². The van der Waals surface area contributed by atoms with Crippen LogP contribution in [-0.4, -0.2) is 17.2 Å². The van der Waals surface area contributed by atoms with Crippen molar-refractivity contribution < 1.29 is 14.6 Å². The Morgan fingerprint density at radius 2 is 1.62 bits per heavy atom. The predicted octanol–water partition coefficient (Wildman–Crippen LogP) is 4.68. The van der Waals surface area contributed by atoms with Gasteiger partial charge in [0, 0.05) is 6.42 Å². The normalized spacial score (nSPS) is 12.7. The molecule has 2 aromatic rings. The van der Waals surface area contributed by atoms with E-state index in [0.29, 0.717) is 12.2 Å². The molecular weight excluding hydrogens is 300 g/mol. The Labute approximate surface area is 144 Å². The van der Waals surface area contributed by atoms with E-state index in [0.717, 1.165) is 22.3 Å². The molecule has 1 atom stereocenters. The summed E-state index contributed by atoms with van der Waals surface area (Å²) in [6.07, 6.45) is -0.555. The quantitative estimate of drug-likeness (QED) is 0.868. The highest BCUT2D eigenvalue weighted by Gasteiger charge is 2.25. The molecule has 3 heteroatoms. The Hall–Kier alpha value is -2.29. The van der Waals surface area contributed by atoms with Crippen LogP contribution in [0.1, 0.15) is 43.0 Å². The topological polar surface area (TPSA) is 46.5 Å². The van der Waals surface area contributed by atoms with E-state index in [1.54, 1.807) is 0 Å². The summed E-state index contributed by atoms with van der Waals surface area (Å²) in [7, 11) is 0. The number of rotatable bonds is 5. The second-order valence-corrected chi connectivity index (χ2v) is 7.27. The molecule has 0 aliphatic heterocycles. The number of carboxylic acids is 1. The van der Waals surface area contributed by atoms with Crippen LogP contribution in [0, 0.1) is 13.8 Å². The smallest absolute Gasteiger partial charge is 0.345 e. The molecule has 24 heavy (non-hydrogen) atoms. The van der Waals surface area contributed by atoms with Crippen molar-refractivity contribution in [3.63, 3.8) is 0 Å². The minimum absolute atomic E-state index is 0.113. The maximum atomic E-state index is 11.8. The molecule has 0 fully saturated rings. The maximum absolute atomic E-state index is 11.8. The molecule has 2 rings (SSSR count). The lowest BCUT2D eigenvalue weighted by Gasteiger charge is -2.25. The molecule has 3 nitrogen and oxygen atoms in total. The first kappa shape index (κ1) is 18.1. The number of benzene rings is 2. The monoisotopic (exact) mass is 326 g/mol. The number of para-hydroxylation sites is 1. The van der Waals surface area contributed by atoms with Crippen LogP contribution in [0.3, 0.4) is 0 Å². The number of aryl methyl sites for hydroxylation is 2. The minimum Gasteiger partial charge on any atom is -0.478 e. The van der Waals surface area contributed by atoms with Crippen LogP contribution in [0.15, 0.2) is 42.5 Å². The average molecular weight is 326 g/mol. The van der Waals surface area contributed by atoms with Crippen LogP contribution in [0.4, 0.5) is 0 Å². The third-order valence-corrected chi connectivity index (χ3v) is 4.27. The Bertz CT molecular complexity index is 706. The summed E-state index contributed by atoms with van der Waals surface area (Å²) in [4.78, 5) is 11.8. The van der Waals surface area contributed by atoms with Gasteiger partial charge in [-0.25, -0.2) is 4.79 Å². The van der Waals surface area contributed by atoms with Gasteiger partial charge < -0.3 is 9.84 Å². The standard InChI is InChI=1S/C21H26O3/c1-14-9-8-10-15(2)16(14)13-19(20(22)23)24-18-12-7-6-11-17(18)21(3,4)5/h6-12,19H,13H2,1-5H3,(H,22,23)/t19-/m1/s1. The van der Waals surface area contributed by atoms with Crippen molar-refractivity contribution in [3.05, 3.63) is 64.7 Å². The number of carboxylic acid groups (broad SMARTS) is 1. The van der Waals surface area contributed by atoms with Gasteiger partial charge in [0.2, 0.25) is 0 Å². The van der Waals surface area contributed by atoms with E-state index < -0.39 is 12.1 Å². The van der Waals surface area contributed by atoms with Gasteiger partial charge in [-0.3, -0.25) is 0 Å². The van der Waals surface area contributed by atoms with Gasteiger partial charge in [0.25, 0.3) is 0 Å². The lowest BCUT2D eigenvalue weighted by Crippen LogP contribution is -2.31. The predicted molar refractivity (Wildman–Crippen MR) is 96.8 cm³/mol. The zero-order valence-corrected chi connectivity index (χ0v) is 15.1. The van der Waals surface area contributed by atoms with Crippen LogP contribution < -0.4 is 4.74 Å². The van der Waals surface area contributed by atoms with Gasteiger partial charge >= 0.3 is 5.97 Å². The molecule has 0 aliphatic carbocycles. The van der Waals surface area contributed by atoms with E-state index in [1.165, 1.54) is 0 Å². The fourth-order valence-corrected chi connectivity index (χ4v) is 2.88. The van der Waals surface area contributed by atoms with Gasteiger partial charge in [0.1, 0.15) is 5.75 Å². The van der Waals surface area contributed by atoms with Gasteiger partial charge in [0.15, 0.2) is 6.10 Å². The molecule has 0 spiro atoms. The van der Waals surface area contributed by atoms with E-state index >= 15 is 0 Å². The fourth-order valence-electron chi connectivity index (χ4n) is 2.88. The number of hydrogen-bond donors (Lipinski definition) is 1. The van der Waals surface area contributed by atoms with Crippen molar-refractivity contribution in [1.29, 1.82) is 0 Å². The van der Waals surface area contributed by atoms with Crippen molar-refractivity contribution >= 4 is 5.97 Å². The third-order valence-electron chi connectivity index (χ3n) is 4.27. The first-order valence-corrected chi connectivity index (χ1v) is 8.24. The zero-order chi connectivity index (χ0) is 17.9. The second-order valence-electron chi connectivity index (χ2n) is 7.27. The summed E-state index contributed by atoms with van der Waals surface area (Å²) in [6.45, 7) is 10.3. The van der Waals surface area contributed by atoms with E-state index in [-0.39, 0.29) is 5.41 Å². The molecule has 128 valence electrons. The average Bonchev–Trinajstić information content (AvgIpc) is 2.49. The van der Waals surface area contributed by atoms with Crippen LogP contribution >= 0.6 is 0 Å². The van der Waals surface area contributed by atoms with Gasteiger partial charge in [-0.1, -0.05) is 57.2 Å². The number of hydrogen-bond acceptors (Lipinski definition) is 2. The lowest BCUT2D eigenvalue weighted by molar-refractivity contribution is -0.145. The lowest BCUT2D eigenvalue weighted by atomic mass is 9.86. The van der Waals surface area contributed by atoms with Crippen molar-refractivity contribution in [2.75, 3.05) is 0 Å². The van der Waals surface area contributed by atoms with E-state index in [1.807, 2.05) is 56.3 Å². The Morgan fingerprint density at radius 1 is 1.04 bits per heavy atom. The first-order valence-electron chi connectivity index (χ1n) is 8.24. The number of carbonyl (C=O) groups is 1. The van der Waals surface area contributed by atoms with E-state index in [2.05, 4.69) is 20.8 Å². The molecule has 0 heterocycles. The SMILES string of the molecule is Cc1cccc(C)c1C[C@@H](Oc1ccccc1C(C)(C)C)C(=O)O. The molecule has 0 bridgehead atoms. The summed E-state index contributed by atoms with van der Waals surface area (Å²) in [5, 5.41) is 9.65. The highest BCUT2D eigenvalue weighted by atomic mass is 16.5. The van der Waals surface area contributed by atoms with Gasteiger partial charge in [-0.05, 0) is 47.6 Å². The van der Waals surface area contributed by atoms with Crippen molar-refractivity contribution in [2.45, 2.75) is 52.6 Å². The Kier molecular flexibility index (Phi) is 5.33. The highest BCUT2D eigenvalue weighted by molar-refractivity contribution is 5.73. The molecule has 0 aliphatic rings. The van der Waals surface area contributed by atoms with Crippen molar-refractivity contribution in [1.82, 2.24) is 0 Å². The number of aliphatic carboxylic acids is 1. The molecule has 0 unspecified atom stereocenters. The third kappa shape index (κ3) is 4.16. The van der Waals surface area contributed by atoms with Crippen LogP contribution in [0.5, 0.6) is 5.75 Å². The summed E-state index contributed by atoms with van der Waals surface area (Å²) < 4.78 is 5.95. The second kappa shape index (κ2) is 7.08. The molecule has 1 N–H and O–H groups in total. The summed E-state index contributed by atoms with van der Waals surface area (Å²) in [5.41, 5.74) is 4.12. The Morgan fingerprint density at radius 3 is 2.17 bits per heavy atom. The molecule has 0 saturated carbocycles. The van der Waals surface area contributed by atoms with Gasteiger partial charge in [0.05, 0.1) is 0 Å². The van der Waals surface area contributed by atoms with Crippen molar-refractivity contribution in [2.24, 2.45) is 0 Å². The molecule has 0 amide bonds. The summed E-state index contributed by atoms with van der Waals surface area (Å²) >= 11 is 0. The zero-order valence-electron chi connectivity index (χ0n) is 15.1. The molecule has 0 aromatic heterocycles. The van der Waals surface area contributed by atoms with E-state index in [9.17, 15) is 9.90 Å². The minimum atomic E-state index is -0.943. The maximum Gasteiger partial charge on any atom is 0.345 e. The molecular formula is C21H26O3.